The molecule has 0 aliphatic heterocycles. The molecule has 7 heteroatoms. The summed E-state index contributed by atoms with van der Waals surface area (Å²) in [4.78, 5) is 11.0. The number of carboxylic acid groups (broad SMARTS) is 1. The van der Waals surface area contributed by atoms with Crippen LogP contribution in [-0.4, -0.2) is 31.3 Å². The van der Waals surface area contributed by atoms with Gasteiger partial charge in [0.2, 0.25) is 0 Å². The Morgan fingerprint density at radius 1 is 1.42 bits per heavy atom. The maximum atomic E-state index is 11.0. The van der Waals surface area contributed by atoms with Gasteiger partial charge in [0.15, 0.2) is 11.9 Å². The van der Waals surface area contributed by atoms with E-state index in [4.69, 9.17) is 9.52 Å². The normalized spacial score (nSPS) is 12.7. The quantitative estimate of drug-likeness (QED) is 0.768. The van der Waals surface area contributed by atoms with E-state index >= 15 is 0 Å². The third-order valence-corrected chi connectivity index (χ3v) is 2.94. The molecule has 2 heterocycles. The van der Waals surface area contributed by atoms with Crippen molar-refractivity contribution < 1.29 is 14.3 Å². The third-order valence-electron chi connectivity index (χ3n) is 2.94. The molecule has 0 amide bonds. The first-order chi connectivity index (χ1) is 9.18. The van der Waals surface area contributed by atoms with Crippen LogP contribution >= 0.6 is 0 Å². The summed E-state index contributed by atoms with van der Waals surface area (Å²) in [6.45, 7) is 1.52. The number of aliphatic carboxylic acids is 1. The molecule has 0 saturated carbocycles. The Labute approximate surface area is 107 Å². The minimum atomic E-state index is -0.999. The number of rotatable bonds is 3. The lowest BCUT2D eigenvalue weighted by Crippen LogP contribution is -2.17. The highest BCUT2D eigenvalue weighted by Gasteiger charge is 2.22. The van der Waals surface area contributed by atoms with Gasteiger partial charge in [0.1, 0.15) is 11.8 Å². The van der Waals surface area contributed by atoms with Gasteiger partial charge in [0.05, 0.1) is 5.56 Å². The fourth-order valence-corrected chi connectivity index (χ4v) is 1.89. The molecule has 3 rings (SSSR count). The van der Waals surface area contributed by atoms with E-state index in [0.29, 0.717) is 17.0 Å². The third kappa shape index (κ3) is 1.75. The van der Waals surface area contributed by atoms with Gasteiger partial charge in [0, 0.05) is 5.39 Å². The number of para-hydroxylation sites is 1. The van der Waals surface area contributed by atoms with Gasteiger partial charge >= 0.3 is 5.97 Å². The van der Waals surface area contributed by atoms with Gasteiger partial charge in [-0.2, -0.15) is 0 Å². The van der Waals surface area contributed by atoms with Crippen molar-refractivity contribution in [1.82, 2.24) is 20.2 Å². The zero-order valence-electron chi connectivity index (χ0n) is 10.0. The molecule has 1 aromatic carbocycles. The molecule has 7 nitrogen and oxygen atoms in total. The van der Waals surface area contributed by atoms with Crippen molar-refractivity contribution in [3.63, 3.8) is 0 Å². The van der Waals surface area contributed by atoms with E-state index in [2.05, 4.69) is 15.5 Å². The predicted octanol–water partition coefficient (Wildman–Crippen LogP) is 1.73. The Morgan fingerprint density at radius 3 is 3.00 bits per heavy atom. The molecule has 1 N–H and O–H groups in total. The van der Waals surface area contributed by atoms with Crippen molar-refractivity contribution in [2.75, 3.05) is 0 Å². The monoisotopic (exact) mass is 258 g/mol. The number of hydrogen-bond acceptors (Lipinski definition) is 5. The van der Waals surface area contributed by atoms with Crippen molar-refractivity contribution in [3.05, 3.63) is 30.5 Å². The number of furan rings is 1. The van der Waals surface area contributed by atoms with E-state index in [-0.39, 0.29) is 0 Å². The molecule has 3 aromatic rings. The molecule has 2 aromatic heterocycles. The summed E-state index contributed by atoms with van der Waals surface area (Å²) in [7, 11) is 0. The van der Waals surface area contributed by atoms with Crippen LogP contribution in [0.4, 0.5) is 0 Å². The SMILES string of the molecule is CC(C(=O)O)n1nnnc1-c1coc2ccccc12. The summed E-state index contributed by atoms with van der Waals surface area (Å²) in [5.74, 6) is -0.624. The number of carbonyl (C=O) groups is 1. The Bertz CT molecular complexity index is 746. The smallest absolute Gasteiger partial charge is 0.328 e. The van der Waals surface area contributed by atoms with Crippen LogP contribution in [0, 0.1) is 0 Å². The standard InChI is InChI=1S/C12H10N4O3/c1-7(12(17)18)16-11(13-14-15-16)9-6-19-10-5-3-2-4-8(9)10/h2-7H,1H3,(H,17,18). The molecule has 0 fully saturated rings. The van der Waals surface area contributed by atoms with Crippen molar-refractivity contribution >= 4 is 16.9 Å². The summed E-state index contributed by atoms with van der Waals surface area (Å²) >= 11 is 0. The van der Waals surface area contributed by atoms with Crippen molar-refractivity contribution in [3.8, 4) is 11.4 Å². The van der Waals surface area contributed by atoms with Crippen molar-refractivity contribution in [2.24, 2.45) is 0 Å². The maximum Gasteiger partial charge on any atom is 0.328 e. The van der Waals surface area contributed by atoms with E-state index in [0.717, 1.165) is 5.39 Å². The summed E-state index contributed by atoms with van der Waals surface area (Å²) in [5.41, 5.74) is 1.38. The van der Waals surface area contributed by atoms with Crippen LogP contribution in [0.25, 0.3) is 22.4 Å². The summed E-state index contributed by atoms with van der Waals surface area (Å²) in [6.07, 6.45) is 1.53. The lowest BCUT2D eigenvalue weighted by Gasteiger charge is -2.07. The second-order valence-electron chi connectivity index (χ2n) is 4.11. The number of fused-ring (bicyclic) bond motifs is 1. The molecule has 0 bridgehead atoms. The highest BCUT2D eigenvalue weighted by Crippen LogP contribution is 2.29. The molecule has 0 saturated heterocycles. The number of hydrogen-bond donors (Lipinski definition) is 1. The van der Waals surface area contributed by atoms with E-state index < -0.39 is 12.0 Å². The van der Waals surface area contributed by atoms with Crippen LogP contribution in [0.5, 0.6) is 0 Å². The predicted molar refractivity (Wildman–Crippen MR) is 65.4 cm³/mol. The number of carboxylic acids is 1. The fraction of sp³-hybridized carbons (Fsp3) is 0.167. The Balaban J connectivity index is 2.18. The number of benzene rings is 1. The molecular formula is C12H10N4O3. The lowest BCUT2D eigenvalue weighted by atomic mass is 10.1. The van der Waals surface area contributed by atoms with Crippen LogP contribution in [0.15, 0.2) is 34.9 Å². The van der Waals surface area contributed by atoms with Gasteiger partial charge in [0.25, 0.3) is 0 Å². The van der Waals surface area contributed by atoms with E-state index in [1.54, 1.807) is 0 Å². The zero-order valence-corrected chi connectivity index (χ0v) is 10.0. The van der Waals surface area contributed by atoms with E-state index in [1.165, 1.54) is 17.9 Å². The van der Waals surface area contributed by atoms with Crippen LogP contribution in [0.2, 0.25) is 0 Å². The molecule has 0 spiro atoms. The largest absolute Gasteiger partial charge is 0.480 e. The Kier molecular flexibility index (Phi) is 2.52. The average molecular weight is 258 g/mol. The van der Waals surface area contributed by atoms with Crippen LogP contribution in [-0.2, 0) is 4.79 Å². The molecule has 0 aliphatic rings. The maximum absolute atomic E-state index is 11.0. The first-order valence-corrected chi connectivity index (χ1v) is 5.66. The first-order valence-electron chi connectivity index (χ1n) is 5.66. The molecule has 1 unspecified atom stereocenters. The topological polar surface area (TPSA) is 94.0 Å². The number of tetrazole rings is 1. The minimum absolute atomic E-state index is 0.375. The van der Waals surface area contributed by atoms with Crippen molar-refractivity contribution in [2.45, 2.75) is 13.0 Å². The number of nitrogens with zero attached hydrogens (tertiary/aromatic N) is 4. The first kappa shape index (κ1) is 11.4. The lowest BCUT2D eigenvalue weighted by molar-refractivity contribution is -0.140. The van der Waals surface area contributed by atoms with Gasteiger partial charge in [-0.25, -0.2) is 9.48 Å². The van der Waals surface area contributed by atoms with Crippen LogP contribution < -0.4 is 0 Å². The minimum Gasteiger partial charge on any atom is -0.480 e. The highest BCUT2D eigenvalue weighted by molar-refractivity contribution is 5.92. The van der Waals surface area contributed by atoms with Crippen molar-refractivity contribution in [1.29, 1.82) is 0 Å². The molecular weight excluding hydrogens is 248 g/mol. The average Bonchev–Trinajstić information content (AvgIpc) is 3.03. The van der Waals surface area contributed by atoms with E-state index in [9.17, 15) is 4.79 Å². The summed E-state index contributed by atoms with van der Waals surface area (Å²) in [6, 6.07) is 6.58. The van der Waals surface area contributed by atoms with Gasteiger partial charge in [-0.05, 0) is 23.4 Å². The van der Waals surface area contributed by atoms with Crippen LogP contribution in [0.3, 0.4) is 0 Å². The molecule has 19 heavy (non-hydrogen) atoms. The molecule has 0 radical (unpaired) electrons. The number of aromatic nitrogens is 4. The van der Waals surface area contributed by atoms with Gasteiger partial charge in [-0.1, -0.05) is 18.2 Å². The summed E-state index contributed by atoms with van der Waals surface area (Å²) < 4.78 is 6.68. The second-order valence-corrected chi connectivity index (χ2v) is 4.11. The van der Waals surface area contributed by atoms with Gasteiger partial charge in [-0.3, -0.25) is 0 Å². The Hall–Kier alpha value is -2.70. The fourth-order valence-electron chi connectivity index (χ4n) is 1.89. The summed E-state index contributed by atoms with van der Waals surface area (Å²) in [5, 5.41) is 21.1. The second kappa shape index (κ2) is 4.20. The zero-order chi connectivity index (χ0) is 13.4. The van der Waals surface area contributed by atoms with Crippen LogP contribution in [0.1, 0.15) is 13.0 Å². The van der Waals surface area contributed by atoms with Gasteiger partial charge < -0.3 is 9.52 Å². The molecule has 1 atom stereocenters. The molecule has 0 aliphatic carbocycles. The van der Waals surface area contributed by atoms with E-state index in [1.807, 2.05) is 24.3 Å². The highest BCUT2D eigenvalue weighted by atomic mass is 16.4. The Morgan fingerprint density at radius 2 is 2.21 bits per heavy atom. The van der Waals surface area contributed by atoms with Gasteiger partial charge in [-0.15, -0.1) is 5.10 Å². The molecule has 96 valence electrons.